The predicted molar refractivity (Wildman–Crippen MR) is 72.4 cm³/mol. The Bertz CT molecular complexity index is 456. The number of nitrogens with zero attached hydrogens (tertiary/aromatic N) is 2. The lowest BCUT2D eigenvalue weighted by Crippen LogP contribution is -2.36. The van der Waals surface area contributed by atoms with Crippen molar-refractivity contribution in [1.82, 2.24) is 4.98 Å². The van der Waals surface area contributed by atoms with Crippen LogP contribution in [0.1, 0.15) is 23.3 Å². The monoisotopic (exact) mass is 265 g/mol. The van der Waals surface area contributed by atoms with Crippen molar-refractivity contribution in [3.63, 3.8) is 0 Å². The molecule has 2 heterocycles. The molecule has 6 nitrogen and oxygen atoms in total. The lowest BCUT2D eigenvalue weighted by atomic mass is 9.98. The molecular formula is C13H19N3O3. The van der Waals surface area contributed by atoms with Gasteiger partial charge >= 0.3 is 5.97 Å². The van der Waals surface area contributed by atoms with Crippen molar-refractivity contribution < 1.29 is 14.6 Å². The normalized spacial score (nSPS) is 16.6. The van der Waals surface area contributed by atoms with Gasteiger partial charge in [0.15, 0.2) is 11.5 Å². The van der Waals surface area contributed by atoms with Crippen LogP contribution in [0.25, 0.3) is 0 Å². The summed E-state index contributed by atoms with van der Waals surface area (Å²) in [5, 5.41) is 8.97. The van der Waals surface area contributed by atoms with Gasteiger partial charge in [-0.1, -0.05) is 0 Å². The second-order valence-corrected chi connectivity index (χ2v) is 4.80. The summed E-state index contributed by atoms with van der Waals surface area (Å²) >= 11 is 0. The van der Waals surface area contributed by atoms with E-state index in [-0.39, 0.29) is 5.69 Å². The van der Waals surface area contributed by atoms with Crippen molar-refractivity contribution in [2.45, 2.75) is 12.8 Å². The van der Waals surface area contributed by atoms with Crippen LogP contribution >= 0.6 is 0 Å². The van der Waals surface area contributed by atoms with Crippen molar-refractivity contribution in [1.29, 1.82) is 0 Å². The maximum absolute atomic E-state index is 10.9. The van der Waals surface area contributed by atoms with Gasteiger partial charge in [0.1, 0.15) is 0 Å². The lowest BCUT2D eigenvalue weighted by molar-refractivity contribution is 0.0690. The van der Waals surface area contributed by atoms with Crippen LogP contribution in [0, 0.1) is 5.92 Å². The molecule has 0 radical (unpaired) electrons. The topological polar surface area (TPSA) is 88.7 Å². The molecule has 0 aliphatic carbocycles. The van der Waals surface area contributed by atoms with Crippen molar-refractivity contribution in [2.75, 3.05) is 37.4 Å². The average Bonchev–Trinajstić information content (AvgIpc) is 2.40. The molecule has 2 rings (SSSR count). The molecule has 6 heteroatoms. The highest BCUT2D eigenvalue weighted by Gasteiger charge is 2.22. The Morgan fingerprint density at radius 2 is 2.21 bits per heavy atom. The first-order chi connectivity index (χ1) is 9.11. The van der Waals surface area contributed by atoms with Crippen LogP contribution in [-0.4, -0.2) is 42.9 Å². The number of hydrogen-bond acceptors (Lipinski definition) is 5. The molecular weight excluding hydrogens is 246 g/mol. The fourth-order valence-corrected chi connectivity index (χ4v) is 2.38. The van der Waals surface area contributed by atoms with Crippen LogP contribution in [0.15, 0.2) is 12.1 Å². The number of carboxylic acid groups (broad SMARTS) is 1. The van der Waals surface area contributed by atoms with E-state index >= 15 is 0 Å². The van der Waals surface area contributed by atoms with Gasteiger partial charge in [-0.3, -0.25) is 0 Å². The van der Waals surface area contributed by atoms with Crippen molar-refractivity contribution in [3.8, 4) is 0 Å². The summed E-state index contributed by atoms with van der Waals surface area (Å²) in [5.74, 6) is 0.108. The van der Waals surface area contributed by atoms with Crippen LogP contribution in [0.3, 0.4) is 0 Å². The number of aromatic carboxylic acids is 1. The summed E-state index contributed by atoms with van der Waals surface area (Å²) in [4.78, 5) is 17.1. The number of rotatable bonds is 4. The highest BCUT2D eigenvalue weighted by atomic mass is 16.5. The molecule has 0 atom stereocenters. The summed E-state index contributed by atoms with van der Waals surface area (Å²) in [5.41, 5.74) is 6.45. The number of anilines is 2. The molecule has 19 heavy (non-hydrogen) atoms. The van der Waals surface area contributed by atoms with Gasteiger partial charge in [0, 0.05) is 26.8 Å². The van der Waals surface area contributed by atoms with E-state index in [0.717, 1.165) is 32.5 Å². The maximum atomic E-state index is 10.9. The molecule has 0 amide bonds. The average molecular weight is 265 g/mol. The van der Waals surface area contributed by atoms with Gasteiger partial charge in [-0.2, -0.15) is 0 Å². The van der Waals surface area contributed by atoms with Gasteiger partial charge < -0.3 is 20.5 Å². The van der Waals surface area contributed by atoms with Crippen LogP contribution < -0.4 is 10.6 Å². The summed E-state index contributed by atoms with van der Waals surface area (Å²) in [6.45, 7) is 2.43. The molecule has 1 saturated heterocycles. The van der Waals surface area contributed by atoms with Crippen molar-refractivity contribution in [3.05, 3.63) is 17.8 Å². The fourth-order valence-electron chi connectivity index (χ4n) is 2.38. The third kappa shape index (κ3) is 3.14. The summed E-state index contributed by atoms with van der Waals surface area (Å²) in [6.07, 6.45) is 2.01. The Morgan fingerprint density at radius 3 is 2.79 bits per heavy atom. The number of nitrogen functional groups attached to an aromatic ring is 1. The van der Waals surface area contributed by atoms with E-state index in [1.807, 2.05) is 4.90 Å². The lowest BCUT2D eigenvalue weighted by Gasteiger charge is -2.33. The van der Waals surface area contributed by atoms with Crippen LogP contribution in [-0.2, 0) is 4.74 Å². The van der Waals surface area contributed by atoms with Crippen LogP contribution in [0.5, 0.6) is 0 Å². The zero-order valence-corrected chi connectivity index (χ0v) is 11.0. The molecule has 0 aromatic carbocycles. The minimum atomic E-state index is -1.03. The van der Waals surface area contributed by atoms with Gasteiger partial charge in [-0.15, -0.1) is 0 Å². The third-order valence-corrected chi connectivity index (χ3v) is 3.44. The molecule has 0 spiro atoms. The summed E-state index contributed by atoms with van der Waals surface area (Å²) in [7, 11) is 1.71. The van der Waals surface area contributed by atoms with Crippen LogP contribution in [0.2, 0.25) is 0 Å². The molecule has 0 saturated carbocycles. The summed E-state index contributed by atoms with van der Waals surface area (Å²) in [6, 6.07) is 3.03. The largest absolute Gasteiger partial charge is 0.477 e. The number of hydrogen-bond donors (Lipinski definition) is 2. The number of pyridine rings is 1. The zero-order valence-electron chi connectivity index (χ0n) is 11.0. The number of nitrogens with two attached hydrogens (primary N) is 1. The Hall–Kier alpha value is -1.82. The Balaban J connectivity index is 2.10. The Morgan fingerprint density at radius 1 is 1.53 bits per heavy atom. The van der Waals surface area contributed by atoms with Crippen molar-refractivity contribution in [2.24, 2.45) is 5.92 Å². The zero-order chi connectivity index (χ0) is 13.8. The first-order valence-corrected chi connectivity index (χ1v) is 6.35. The van der Waals surface area contributed by atoms with Gasteiger partial charge in [0.2, 0.25) is 0 Å². The highest BCUT2D eigenvalue weighted by molar-refractivity contribution is 5.87. The van der Waals surface area contributed by atoms with E-state index in [1.165, 1.54) is 6.07 Å². The first kappa shape index (κ1) is 13.6. The second-order valence-electron chi connectivity index (χ2n) is 4.80. The maximum Gasteiger partial charge on any atom is 0.354 e. The molecule has 1 fully saturated rings. The smallest absolute Gasteiger partial charge is 0.354 e. The van der Waals surface area contributed by atoms with Crippen molar-refractivity contribution >= 4 is 17.5 Å². The number of carboxylic acids is 1. The molecule has 0 unspecified atom stereocenters. The van der Waals surface area contributed by atoms with E-state index in [1.54, 1.807) is 13.2 Å². The third-order valence-electron chi connectivity index (χ3n) is 3.44. The molecule has 0 bridgehead atoms. The number of aromatic nitrogens is 1. The Labute approximate surface area is 112 Å². The molecule has 3 N–H and O–H groups in total. The summed E-state index contributed by atoms with van der Waals surface area (Å²) < 4.78 is 5.16. The number of carbonyl (C=O) groups is 1. The highest BCUT2D eigenvalue weighted by Crippen LogP contribution is 2.26. The first-order valence-electron chi connectivity index (χ1n) is 6.35. The van der Waals surface area contributed by atoms with Gasteiger partial charge in [0.05, 0.1) is 5.69 Å². The molecule has 104 valence electrons. The minimum absolute atomic E-state index is 0.0308. The fraction of sp³-hybridized carbons (Fsp3) is 0.538. The van der Waals surface area contributed by atoms with Gasteiger partial charge in [-0.25, -0.2) is 9.78 Å². The molecule has 1 aromatic rings. The predicted octanol–water partition coefficient (Wildman–Crippen LogP) is 1.22. The van der Waals surface area contributed by atoms with E-state index < -0.39 is 5.97 Å². The van der Waals surface area contributed by atoms with E-state index in [0.29, 0.717) is 17.4 Å². The Kier molecular flexibility index (Phi) is 4.21. The molecule has 1 aromatic heterocycles. The number of methoxy groups -OCH3 is 1. The van der Waals surface area contributed by atoms with Gasteiger partial charge in [0.25, 0.3) is 0 Å². The van der Waals surface area contributed by atoms with Crippen LogP contribution in [0.4, 0.5) is 11.5 Å². The van der Waals surface area contributed by atoms with E-state index in [2.05, 4.69) is 4.98 Å². The standard InChI is InChI=1S/C13H19N3O3/c1-19-8-9-4-6-16(7-5-9)12-10(14)2-3-11(15-12)13(17)18/h2-3,9H,4-8,14H2,1H3,(H,17,18). The number of ether oxygens (including phenoxy) is 1. The second kappa shape index (κ2) is 5.88. The number of piperidine rings is 1. The molecule has 1 aliphatic rings. The van der Waals surface area contributed by atoms with E-state index in [4.69, 9.17) is 15.6 Å². The molecule has 1 aliphatic heterocycles. The quantitative estimate of drug-likeness (QED) is 0.851. The van der Waals surface area contributed by atoms with E-state index in [9.17, 15) is 4.79 Å². The SMILES string of the molecule is COCC1CCN(c2nc(C(=O)O)ccc2N)CC1. The van der Waals surface area contributed by atoms with Gasteiger partial charge in [-0.05, 0) is 30.9 Å². The minimum Gasteiger partial charge on any atom is -0.477 e.